The van der Waals surface area contributed by atoms with Gasteiger partial charge in [0.15, 0.2) is 0 Å². The number of fused-ring (bicyclic) bond motifs is 1. The first kappa shape index (κ1) is 22.9. The van der Waals surface area contributed by atoms with Gasteiger partial charge in [0.2, 0.25) is 10.0 Å². The SMILES string of the molecule is CCOC(=O)c1c(COC(=O)CCNS(=O)(=O)c2cccs2)nc2ccccc2c1C. The number of hydrogen-bond donors (Lipinski definition) is 1. The fraction of sp³-hybridized carbons (Fsp3) is 0.286. The molecule has 3 aromatic rings. The van der Waals surface area contributed by atoms with Crippen molar-refractivity contribution in [3.8, 4) is 0 Å². The maximum Gasteiger partial charge on any atom is 0.340 e. The fourth-order valence-corrected chi connectivity index (χ4v) is 5.08. The molecule has 0 spiro atoms. The summed E-state index contributed by atoms with van der Waals surface area (Å²) < 4.78 is 37.1. The smallest absolute Gasteiger partial charge is 0.340 e. The number of benzene rings is 1. The number of sulfonamides is 1. The molecule has 0 aliphatic carbocycles. The van der Waals surface area contributed by atoms with Crippen LogP contribution in [0.3, 0.4) is 0 Å². The fourth-order valence-electron chi connectivity index (χ4n) is 3.02. The van der Waals surface area contributed by atoms with E-state index in [9.17, 15) is 18.0 Å². The predicted octanol–water partition coefficient (Wildman–Crippen LogP) is 3.19. The summed E-state index contributed by atoms with van der Waals surface area (Å²) in [6.07, 6.45) is -0.161. The van der Waals surface area contributed by atoms with Gasteiger partial charge in [-0.15, -0.1) is 11.3 Å². The zero-order chi connectivity index (χ0) is 22.4. The van der Waals surface area contributed by atoms with Gasteiger partial charge in [0, 0.05) is 11.9 Å². The maximum absolute atomic E-state index is 12.5. The average molecular weight is 463 g/mol. The molecule has 0 amide bonds. The molecule has 2 aromatic heterocycles. The molecule has 0 bridgehead atoms. The molecule has 0 fully saturated rings. The Hall–Kier alpha value is -2.82. The van der Waals surface area contributed by atoms with Crippen LogP contribution in [0.2, 0.25) is 0 Å². The van der Waals surface area contributed by atoms with Crippen LogP contribution in [0.25, 0.3) is 10.9 Å². The van der Waals surface area contributed by atoms with Crippen LogP contribution in [0.4, 0.5) is 0 Å². The van der Waals surface area contributed by atoms with Gasteiger partial charge < -0.3 is 9.47 Å². The van der Waals surface area contributed by atoms with Crippen molar-refractivity contribution in [3.05, 3.63) is 58.6 Å². The van der Waals surface area contributed by atoms with E-state index < -0.39 is 22.0 Å². The highest BCUT2D eigenvalue weighted by atomic mass is 32.2. The second-order valence-electron chi connectivity index (χ2n) is 6.54. The van der Waals surface area contributed by atoms with Crippen molar-refractivity contribution in [2.75, 3.05) is 13.2 Å². The summed E-state index contributed by atoms with van der Waals surface area (Å²) >= 11 is 1.09. The number of pyridine rings is 1. The van der Waals surface area contributed by atoms with Gasteiger partial charge in [-0.2, -0.15) is 0 Å². The van der Waals surface area contributed by atoms with Crippen molar-refractivity contribution in [2.24, 2.45) is 0 Å². The third-order valence-electron chi connectivity index (χ3n) is 4.46. The standard InChI is InChI=1S/C21H22N2O6S2/c1-3-28-21(25)20-14(2)15-7-4-5-8-16(15)23-17(20)13-29-18(24)10-11-22-31(26,27)19-9-6-12-30-19/h4-9,12,22H,3,10-11,13H2,1-2H3. The Bertz CT molecular complexity index is 1190. The summed E-state index contributed by atoms with van der Waals surface area (Å²) in [5.74, 6) is -1.15. The number of aromatic nitrogens is 1. The number of carbonyl (C=O) groups is 2. The first-order valence-corrected chi connectivity index (χ1v) is 11.9. The number of carbonyl (C=O) groups excluding carboxylic acids is 2. The molecule has 164 valence electrons. The third-order valence-corrected chi connectivity index (χ3v) is 7.32. The van der Waals surface area contributed by atoms with Gasteiger partial charge in [0.05, 0.1) is 29.8 Å². The molecule has 0 aliphatic heterocycles. The maximum atomic E-state index is 12.5. The molecule has 0 unspecified atom stereocenters. The third kappa shape index (κ3) is 5.46. The molecule has 0 saturated heterocycles. The normalized spacial score (nSPS) is 11.4. The van der Waals surface area contributed by atoms with Crippen LogP contribution in [0.5, 0.6) is 0 Å². The summed E-state index contributed by atoms with van der Waals surface area (Å²) in [5.41, 5.74) is 1.93. The number of esters is 2. The molecule has 1 N–H and O–H groups in total. The molecule has 8 nitrogen and oxygen atoms in total. The lowest BCUT2D eigenvalue weighted by Gasteiger charge is -2.14. The van der Waals surface area contributed by atoms with Crippen molar-refractivity contribution in [1.29, 1.82) is 0 Å². The molecular formula is C21H22N2O6S2. The van der Waals surface area contributed by atoms with E-state index in [1.165, 1.54) is 6.07 Å². The van der Waals surface area contributed by atoms with Crippen molar-refractivity contribution in [2.45, 2.75) is 31.1 Å². The first-order valence-electron chi connectivity index (χ1n) is 9.57. The number of para-hydroxylation sites is 1. The van der Waals surface area contributed by atoms with Gasteiger partial charge in [-0.3, -0.25) is 4.79 Å². The van der Waals surface area contributed by atoms with Gasteiger partial charge in [0.25, 0.3) is 0 Å². The quantitative estimate of drug-likeness (QED) is 0.486. The van der Waals surface area contributed by atoms with Crippen molar-refractivity contribution in [3.63, 3.8) is 0 Å². The summed E-state index contributed by atoms with van der Waals surface area (Å²) in [6.45, 7) is 3.37. The minimum Gasteiger partial charge on any atom is -0.462 e. The highest BCUT2D eigenvalue weighted by Gasteiger charge is 2.21. The van der Waals surface area contributed by atoms with Crippen LogP contribution in [-0.4, -0.2) is 38.5 Å². The number of aryl methyl sites for hydroxylation is 1. The van der Waals surface area contributed by atoms with Crippen LogP contribution in [0, 0.1) is 6.92 Å². The lowest BCUT2D eigenvalue weighted by molar-refractivity contribution is -0.144. The summed E-state index contributed by atoms with van der Waals surface area (Å²) in [6, 6.07) is 10.5. The average Bonchev–Trinajstić information content (AvgIpc) is 3.28. The Kier molecular flexibility index (Phi) is 7.37. The van der Waals surface area contributed by atoms with Crippen LogP contribution in [0.15, 0.2) is 46.0 Å². The molecule has 3 rings (SSSR count). The Balaban J connectivity index is 1.69. The first-order chi connectivity index (χ1) is 14.8. The topological polar surface area (TPSA) is 112 Å². The van der Waals surface area contributed by atoms with E-state index >= 15 is 0 Å². The molecule has 1 aromatic carbocycles. The number of nitrogens with one attached hydrogen (secondary N) is 1. The highest BCUT2D eigenvalue weighted by molar-refractivity contribution is 7.91. The van der Waals surface area contributed by atoms with Crippen LogP contribution in [0.1, 0.15) is 35.0 Å². The summed E-state index contributed by atoms with van der Waals surface area (Å²) in [4.78, 5) is 29.1. The van der Waals surface area contributed by atoms with Gasteiger partial charge in [-0.1, -0.05) is 24.3 Å². The number of thiophene rings is 1. The zero-order valence-electron chi connectivity index (χ0n) is 17.1. The van der Waals surface area contributed by atoms with E-state index in [-0.39, 0.29) is 36.0 Å². The van der Waals surface area contributed by atoms with E-state index in [0.717, 1.165) is 16.7 Å². The largest absolute Gasteiger partial charge is 0.462 e. The Morgan fingerprint density at radius 2 is 1.90 bits per heavy atom. The molecule has 0 atom stereocenters. The lowest BCUT2D eigenvalue weighted by atomic mass is 10.0. The number of nitrogens with zero attached hydrogens (tertiary/aromatic N) is 1. The second kappa shape index (κ2) is 9.99. The van der Waals surface area contributed by atoms with Crippen LogP contribution >= 0.6 is 11.3 Å². The predicted molar refractivity (Wildman–Crippen MR) is 116 cm³/mol. The number of hydrogen-bond acceptors (Lipinski definition) is 8. The molecule has 10 heteroatoms. The number of ether oxygens (including phenoxy) is 2. The molecule has 0 aliphatic rings. The van der Waals surface area contributed by atoms with Gasteiger partial charge >= 0.3 is 11.9 Å². The Morgan fingerprint density at radius 3 is 2.61 bits per heavy atom. The molecule has 0 saturated carbocycles. The number of rotatable bonds is 9. The van der Waals surface area contributed by atoms with E-state index in [0.29, 0.717) is 16.8 Å². The van der Waals surface area contributed by atoms with Gasteiger partial charge in [-0.05, 0) is 36.9 Å². The Morgan fingerprint density at radius 1 is 1.13 bits per heavy atom. The summed E-state index contributed by atoms with van der Waals surface area (Å²) in [7, 11) is -3.65. The van der Waals surface area contributed by atoms with Crippen molar-refractivity contribution < 1.29 is 27.5 Å². The van der Waals surface area contributed by atoms with Gasteiger partial charge in [0.1, 0.15) is 10.8 Å². The van der Waals surface area contributed by atoms with Crippen LogP contribution < -0.4 is 4.72 Å². The summed E-state index contributed by atoms with van der Waals surface area (Å²) in [5, 5.41) is 2.46. The Labute approximate surface area is 184 Å². The molecular weight excluding hydrogens is 440 g/mol. The highest BCUT2D eigenvalue weighted by Crippen LogP contribution is 2.24. The van der Waals surface area contributed by atoms with E-state index in [4.69, 9.17) is 9.47 Å². The monoisotopic (exact) mass is 462 g/mol. The van der Waals surface area contributed by atoms with Crippen molar-refractivity contribution in [1.82, 2.24) is 9.71 Å². The molecule has 31 heavy (non-hydrogen) atoms. The second-order valence-corrected chi connectivity index (χ2v) is 9.48. The zero-order valence-corrected chi connectivity index (χ0v) is 18.7. The van der Waals surface area contributed by atoms with Crippen LogP contribution in [-0.2, 0) is 30.9 Å². The van der Waals surface area contributed by atoms with E-state index in [1.54, 1.807) is 25.3 Å². The molecule has 2 heterocycles. The minimum absolute atomic E-state index is 0.103. The van der Waals surface area contributed by atoms with Gasteiger partial charge in [-0.25, -0.2) is 22.9 Å². The van der Waals surface area contributed by atoms with Crippen molar-refractivity contribution >= 4 is 44.2 Å². The molecule has 0 radical (unpaired) electrons. The minimum atomic E-state index is -3.65. The van der Waals surface area contributed by atoms with E-state index in [2.05, 4.69) is 9.71 Å². The lowest BCUT2D eigenvalue weighted by Crippen LogP contribution is -2.26. The van der Waals surface area contributed by atoms with E-state index in [1.807, 2.05) is 24.3 Å².